The zero-order valence-corrected chi connectivity index (χ0v) is 20.0. The molecular formula is C27H29N3O6. The molecule has 0 radical (unpaired) electrons. The van der Waals surface area contributed by atoms with Gasteiger partial charge in [0.2, 0.25) is 11.8 Å². The topological polar surface area (TPSA) is 115 Å². The maximum atomic E-state index is 12.4. The SMILES string of the molecule is CCOc1ccc(NC(=O)CCC(=O)NNC(=O)c2cccc(OCCOc3ccccc3)c2)cc1. The second kappa shape index (κ2) is 14.0. The van der Waals surface area contributed by atoms with Crippen molar-refractivity contribution in [1.82, 2.24) is 10.9 Å². The van der Waals surface area contributed by atoms with Gasteiger partial charge in [-0.15, -0.1) is 0 Å². The number of hydrogen-bond donors (Lipinski definition) is 3. The molecule has 0 bridgehead atoms. The zero-order valence-electron chi connectivity index (χ0n) is 20.0. The average Bonchev–Trinajstić information content (AvgIpc) is 2.90. The van der Waals surface area contributed by atoms with Crippen LogP contribution in [0.1, 0.15) is 30.1 Å². The van der Waals surface area contributed by atoms with E-state index in [1.165, 1.54) is 0 Å². The smallest absolute Gasteiger partial charge is 0.269 e. The van der Waals surface area contributed by atoms with Crippen LogP contribution in [0, 0.1) is 0 Å². The maximum Gasteiger partial charge on any atom is 0.269 e. The monoisotopic (exact) mass is 491 g/mol. The molecule has 36 heavy (non-hydrogen) atoms. The fourth-order valence-corrected chi connectivity index (χ4v) is 3.08. The Hall–Kier alpha value is -4.53. The predicted molar refractivity (Wildman–Crippen MR) is 135 cm³/mol. The van der Waals surface area contributed by atoms with Crippen molar-refractivity contribution in [2.45, 2.75) is 19.8 Å². The van der Waals surface area contributed by atoms with Crippen LogP contribution in [-0.2, 0) is 9.59 Å². The first kappa shape index (κ1) is 26.1. The van der Waals surface area contributed by atoms with E-state index < -0.39 is 11.8 Å². The summed E-state index contributed by atoms with van der Waals surface area (Å²) < 4.78 is 16.6. The van der Waals surface area contributed by atoms with E-state index in [1.807, 2.05) is 37.3 Å². The number of carbonyl (C=O) groups is 3. The molecule has 0 atom stereocenters. The lowest BCUT2D eigenvalue weighted by atomic mass is 10.2. The third-order valence-electron chi connectivity index (χ3n) is 4.80. The summed E-state index contributed by atoms with van der Waals surface area (Å²) in [6.07, 6.45) is -0.128. The molecule has 3 amide bonds. The molecule has 9 nitrogen and oxygen atoms in total. The average molecular weight is 492 g/mol. The molecule has 0 aliphatic carbocycles. The highest BCUT2D eigenvalue weighted by atomic mass is 16.5. The van der Waals surface area contributed by atoms with Crippen LogP contribution in [0.5, 0.6) is 17.2 Å². The Balaban J connectivity index is 1.35. The van der Waals surface area contributed by atoms with Crippen LogP contribution in [0.4, 0.5) is 5.69 Å². The standard InChI is InChI=1S/C27H29N3O6/c1-2-34-23-13-11-21(12-14-23)28-25(31)15-16-26(32)29-30-27(33)20-7-6-10-24(19-20)36-18-17-35-22-8-4-3-5-9-22/h3-14,19H,2,15-18H2,1H3,(H,28,31)(H,29,32)(H,30,33). The third kappa shape index (κ3) is 9.02. The van der Waals surface area contributed by atoms with Crippen LogP contribution >= 0.6 is 0 Å². The Bertz CT molecular complexity index is 1140. The highest BCUT2D eigenvalue weighted by molar-refractivity contribution is 5.96. The van der Waals surface area contributed by atoms with Gasteiger partial charge in [-0.2, -0.15) is 0 Å². The summed E-state index contributed by atoms with van der Waals surface area (Å²) in [5, 5.41) is 2.71. The normalized spacial score (nSPS) is 10.1. The van der Waals surface area contributed by atoms with Gasteiger partial charge in [-0.05, 0) is 61.5 Å². The molecule has 0 spiro atoms. The Morgan fingerprint density at radius 3 is 2.03 bits per heavy atom. The van der Waals surface area contributed by atoms with E-state index in [0.717, 1.165) is 5.75 Å². The molecule has 0 unspecified atom stereocenters. The fourth-order valence-electron chi connectivity index (χ4n) is 3.08. The summed E-state index contributed by atoms with van der Waals surface area (Å²) >= 11 is 0. The van der Waals surface area contributed by atoms with Crippen LogP contribution in [0.3, 0.4) is 0 Å². The highest BCUT2D eigenvalue weighted by Gasteiger charge is 2.11. The van der Waals surface area contributed by atoms with Gasteiger partial charge in [0.1, 0.15) is 30.5 Å². The van der Waals surface area contributed by atoms with E-state index in [2.05, 4.69) is 16.2 Å². The molecule has 0 aliphatic rings. The largest absolute Gasteiger partial charge is 0.494 e. The number of ether oxygens (including phenoxy) is 3. The number of amides is 3. The van der Waals surface area contributed by atoms with Gasteiger partial charge < -0.3 is 19.5 Å². The number of rotatable bonds is 12. The van der Waals surface area contributed by atoms with Crippen molar-refractivity contribution in [3.8, 4) is 17.2 Å². The first-order valence-corrected chi connectivity index (χ1v) is 11.6. The van der Waals surface area contributed by atoms with E-state index >= 15 is 0 Å². The van der Waals surface area contributed by atoms with Crippen molar-refractivity contribution in [3.05, 3.63) is 84.4 Å². The van der Waals surface area contributed by atoms with Crippen LogP contribution in [0.25, 0.3) is 0 Å². The minimum absolute atomic E-state index is 0.0384. The molecule has 3 aromatic rings. The van der Waals surface area contributed by atoms with E-state index in [-0.39, 0.29) is 18.7 Å². The molecule has 3 rings (SSSR count). The van der Waals surface area contributed by atoms with Crippen LogP contribution < -0.4 is 30.4 Å². The number of hydrazine groups is 1. The summed E-state index contributed by atoms with van der Waals surface area (Å²) in [6.45, 7) is 3.10. The van der Waals surface area contributed by atoms with Crippen molar-refractivity contribution in [1.29, 1.82) is 0 Å². The number of benzene rings is 3. The first-order valence-electron chi connectivity index (χ1n) is 11.6. The maximum absolute atomic E-state index is 12.4. The van der Waals surface area contributed by atoms with Crippen molar-refractivity contribution in [2.24, 2.45) is 0 Å². The summed E-state index contributed by atoms with van der Waals surface area (Å²) in [4.78, 5) is 36.5. The Morgan fingerprint density at radius 2 is 1.31 bits per heavy atom. The summed E-state index contributed by atoms with van der Waals surface area (Å²) in [5.41, 5.74) is 5.57. The number of anilines is 1. The molecule has 0 fully saturated rings. The Morgan fingerprint density at radius 1 is 0.667 bits per heavy atom. The van der Waals surface area contributed by atoms with Gasteiger partial charge in [0.15, 0.2) is 0 Å². The first-order chi connectivity index (χ1) is 17.5. The van der Waals surface area contributed by atoms with Crippen molar-refractivity contribution >= 4 is 23.4 Å². The summed E-state index contributed by atoms with van der Waals surface area (Å²) in [6, 6.07) is 22.9. The highest BCUT2D eigenvalue weighted by Crippen LogP contribution is 2.16. The molecule has 0 saturated heterocycles. The molecule has 0 saturated carbocycles. The van der Waals surface area contributed by atoms with Gasteiger partial charge in [0.25, 0.3) is 5.91 Å². The van der Waals surface area contributed by atoms with Gasteiger partial charge in [-0.1, -0.05) is 24.3 Å². The lowest BCUT2D eigenvalue weighted by Gasteiger charge is -2.10. The van der Waals surface area contributed by atoms with Gasteiger partial charge in [-0.3, -0.25) is 25.2 Å². The zero-order chi connectivity index (χ0) is 25.6. The number of nitrogens with one attached hydrogen (secondary N) is 3. The molecule has 0 aliphatic heterocycles. The predicted octanol–water partition coefficient (Wildman–Crippen LogP) is 3.72. The van der Waals surface area contributed by atoms with E-state index in [1.54, 1.807) is 48.5 Å². The quantitative estimate of drug-likeness (QED) is 0.263. The molecule has 0 aromatic heterocycles. The van der Waals surface area contributed by atoms with Crippen LogP contribution in [-0.4, -0.2) is 37.5 Å². The van der Waals surface area contributed by atoms with Crippen LogP contribution in [0.2, 0.25) is 0 Å². The van der Waals surface area contributed by atoms with E-state index in [4.69, 9.17) is 14.2 Å². The summed E-state index contributed by atoms with van der Waals surface area (Å²) in [5.74, 6) is 0.639. The van der Waals surface area contributed by atoms with Crippen molar-refractivity contribution in [2.75, 3.05) is 25.1 Å². The lowest BCUT2D eigenvalue weighted by Crippen LogP contribution is -2.41. The molecular weight excluding hydrogens is 462 g/mol. The van der Waals surface area contributed by atoms with Crippen molar-refractivity contribution in [3.63, 3.8) is 0 Å². The molecule has 0 heterocycles. The second-order valence-electron chi connectivity index (χ2n) is 7.55. The molecule has 9 heteroatoms. The van der Waals surface area contributed by atoms with Gasteiger partial charge in [-0.25, -0.2) is 0 Å². The third-order valence-corrected chi connectivity index (χ3v) is 4.80. The number of carbonyl (C=O) groups excluding carboxylic acids is 3. The second-order valence-corrected chi connectivity index (χ2v) is 7.55. The van der Waals surface area contributed by atoms with E-state index in [0.29, 0.717) is 42.6 Å². The molecule has 3 N–H and O–H groups in total. The Kier molecular flexibility index (Phi) is 10.1. The molecule has 3 aromatic carbocycles. The van der Waals surface area contributed by atoms with E-state index in [9.17, 15) is 14.4 Å². The fraction of sp³-hybridized carbons (Fsp3) is 0.222. The lowest BCUT2D eigenvalue weighted by molar-refractivity contribution is -0.124. The minimum Gasteiger partial charge on any atom is -0.494 e. The Labute approximate surface area is 209 Å². The number of para-hydroxylation sites is 1. The minimum atomic E-state index is -0.506. The van der Waals surface area contributed by atoms with Gasteiger partial charge in [0, 0.05) is 24.1 Å². The van der Waals surface area contributed by atoms with Crippen molar-refractivity contribution < 1.29 is 28.6 Å². The van der Waals surface area contributed by atoms with Gasteiger partial charge in [0.05, 0.1) is 6.61 Å². The number of hydrogen-bond acceptors (Lipinski definition) is 6. The summed E-state index contributed by atoms with van der Waals surface area (Å²) in [7, 11) is 0. The van der Waals surface area contributed by atoms with Crippen LogP contribution in [0.15, 0.2) is 78.9 Å². The van der Waals surface area contributed by atoms with Gasteiger partial charge >= 0.3 is 0 Å². The molecule has 188 valence electrons.